The third kappa shape index (κ3) is 3.04. The third-order valence-corrected chi connectivity index (χ3v) is 4.02. The number of nitriles is 1. The second-order valence-electron chi connectivity index (χ2n) is 4.69. The van der Waals surface area contributed by atoms with Crippen LogP contribution in [0.15, 0.2) is 22.7 Å². The lowest BCUT2D eigenvalue weighted by Gasteiger charge is -2.34. The van der Waals surface area contributed by atoms with Gasteiger partial charge in [0.2, 0.25) is 0 Å². The maximum absolute atomic E-state index is 8.92. The Balaban J connectivity index is 2.11. The van der Waals surface area contributed by atoms with Gasteiger partial charge in [0.25, 0.3) is 0 Å². The summed E-state index contributed by atoms with van der Waals surface area (Å²) in [6.07, 6.45) is 2.44. The Labute approximate surface area is 116 Å². The van der Waals surface area contributed by atoms with Crippen molar-refractivity contribution in [3.63, 3.8) is 0 Å². The lowest BCUT2D eigenvalue weighted by atomic mass is 9.98. The van der Waals surface area contributed by atoms with Crippen molar-refractivity contribution < 1.29 is 4.74 Å². The van der Waals surface area contributed by atoms with E-state index in [1.54, 1.807) is 7.11 Å². The number of ether oxygens (including phenoxy) is 1. The Morgan fingerprint density at radius 3 is 3.06 bits per heavy atom. The van der Waals surface area contributed by atoms with Crippen molar-refractivity contribution in [2.45, 2.75) is 12.8 Å². The average Bonchev–Trinajstić information content (AvgIpc) is 2.39. The Morgan fingerprint density at radius 1 is 1.56 bits per heavy atom. The van der Waals surface area contributed by atoms with Crippen LogP contribution in [0.3, 0.4) is 0 Å². The van der Waals surface area contributed by atoms with E-state index in [-0.39, 0.29) is 0 Å². The van der Waals surface area contributed by atoms with Crippen LogP contribution in [0.1, 0.15) is 18.4 Å². The van der Waals surface area contributed by atoms with Crippen molar-refractivity contribution in [1.29, 1.82) is 5.26 Å². The van der Waals surface area contributed by atoms with E-state index in [0.29, 0.717) is 11.5 Å². The smallest absolute Gasteiger partial charge is 0.100 e. The van der Waals surface area contributed by atoms with E-state index in [1.165, 1.54) is 18.5 Å². The van der Waals surface area contributed by atoms with Crippen LogP contribution in [0.4, 0.5) is 5.69 Å². The molecule has 0 saturated carbocycles. The minimum atomic E-state index is 0.609. The molecule has 1 aromatic rings. The zero-order valence-electron chi connectivity index (χ0n) is 10.5. The predicted molar refractivity (Wildman–Crippen MR) is 75.7 cm³/mol. The van der Waals surface area contributed by atoms with Gasteiger partial charge in [-0.2, -0.15) is 5.26 Å². The monoisotopic (exact) mass is 308 g/mol. The molecule has 0 spiro atoms. The topological polar surface area (TPSA) is 36.3 Å². The molecule has 0 bridgehead atoms. The second-order valence-corrected chi connectivity index (χ2v) is 5.54. The van der Waals surface area contributed by atoms with Gasteiger partial charge in [-0.15, -0.1) is 0 Å². The SMILES string of the molecule is COCC1CCCN(c2ccc(C#N)c(Br)c2)C1. The van der Waals surface area contributed by atoms with Crippen LogP contribution in [0, 0.1) is 17.2 Å². The maximum atomic E-state index is 8.92. The number of hydrogen-bond acceptors (Lipinski definition) is 3. The highest BCUT2D eigenvalue weighted by molar-refractivity contribution is 9.10. The molecule has 1 fully saturated rings. The molecule has 0 aromatic heterocycles. The quantitative estimate of drug-likeness (QED) is 0.860. The highest BCUT2D eigenvalue weighted by Gasteiger charge is 2.20. The fraction of sp³-hybridized carbons (Fsp3) is 0.500. The van der Waals surface area contributed by atoms with E-state index in [1.807, 2.05) is 18.2 Å². The maximum Gasteiger partial charge on any atom is 0.100 e. The summed E-state index contributed by atoms with van der Waals surface area (Å²) in [6.45, 7) is 2.94. The number of rotatable bonds is 3. The summed E-state index contributed by atoms with van der Waals surface area (Å²) in [6, 6.07) is 8.11. The minimum Gasteiger partial charge on any atom is -0.384 e. The summed E-state index contributed by atoms with van der Waals surface area (Å²) >= 11 is 3.45. The molecule has 18 heavy (non-hydrogen) atoms. The standard InChI is InChI=1S/C14H17BrN2O/c1-18-10-11-3-2-6-17(9-11)13-5-4-12(8-16)14(15)7-13/h4-5,7,11H,2-3,6,9-10H2,1H3. The van der Waals surface area contributed by atoms with Gasteiger partial charge < -0.3 is 9.64 Å². The molecule has 1 aliphatic heterocycles. The van der Waals surface area contributed by atoms with Gasteiger partial charge in [-0.1, -0.05) is 0 Å². The molecule has 1 heterocycles. The van der Waals surface area contributed by atoms with Crippen molar-refractivity contribution in [3.8, 4) is 6.07 Å². The number of hydrogen-bond donors (Lipinski definition) is 0. The van der Waals surface area contributed by atoms with Crippen molar-refractivity contribution >= 4 is 21.6 Å². The fourth-order valence-electron chi connectivity index (χ4n) is 2.46. The first kappa shape index (κ1) is 13.4. The summed E-state index contributed by atoms with van der Waals surface area (Å²) in [5, 5.41) is 8.92. The number of anilines is 1. The first-order chi connectivity index (χ1) is 8.74. The lowest BCUT2D eigenvalue weighted by molar-refractivity contribution is 0.143. The van der Waals surface area contributed by atoms with Crippen LogP contribution in [0.2, 0.25) is 0 Å². The first-order valence-electron chi connectivity index (χ1n) is 6.18. The van der Waals surface area contributed by atoms with Crippen LogP contribution in [-0.4, -0.2) is 26.8 Å². The molecule has 1 atom stereocenters. The lowest BCUT2D eigenvalue weighted by Crippen LogP contribution is -2.37. The van der Waals surface area contributed by atoms with Gasteiger partial charge in [-0.25, -0.2) is 0 Å². The van der Waals surface area contributed by atoms with Crippen molar-refractivity contribution in [3.05, 3.63) is 28.2 Å². The molecule has 4 heteroatoms. The molecule has 3 nitrogen and oxygen atoms in total. The summed E-state index contributed by atoms with van der Waals surface area (Å²) in [5.74, 6) is 0.609. The van der Waals surface area contributed by atoms with E-state index in [0.717, 1.165) is 24.2 Å². The van der Waals surface area contributed by atoms with Gasteiger partial charge in [-0.05, 0) is 52.9 Å². The molecule has 0 radical (unpaired) electrons. The van der Waals surface area contributed by atoms with Gasteiger partial charge >= 0.3 is 0 Å². The van der Waals surface area contributed by atoms with Gasteiger partial charge in [-0.3, -0.25) is 0 Å². The Bertz CT molecular complexity index is 454. The minimum absolute atomic E-state index is 0.609. The molecule has 0 aliphatic carbocycles. The van der Waals surface area contributed by atoms with Gasteiger partial charge in [0.15, 0.2) is 0 Å². The van der Waals surface area contributed by atoms with Gasteiger partial charge in [0.1, 0.15) is 6.07 Å². The number of methoxy groups -OCH3 is 1. The van der Waals surface area contributed by atoms with Crippen molar-refractivity contribution in [2.75, 3.05) is 31.7 Å². The molecule has 1 aromatic carbocycles. The summed E-state index contributed by atoms with van der Waals surface area (Å²) in [7, 11) is 1.76. The first-order valence-corrected chi connectivity index (χ1v) is 6.97. The molecule has 1 saturated heterocycles. The van der Waals surface area contributed by atoms with E-state index >= 15 is 0 Å². The Hall–Kier alpha value is -1.05. The third-order valence-electron chi connectivity index (χ3n) is 3.36. The zero-order chi connectivity index (χ0) is 13.0. The van der Waals surface area contributed by atoms with Crippen LogP contribution in [0.5, 0.6) is 0 Å². The van der Waals surface area contributed by atoms with E-state index in [4.69, 9.17) is 10.00 Å². The van der Waals surface area contributed by atoms with Crippen molar-refractivity contribution in [2.24, 2.45) is 5.92 Å². The average molecular weight is 309 g/mol. The highest BCUT2D eigenvalue weighted by Crippen LogP contribution is 2.27. The molecule has 2 rings (SSSR count). The number of piperidine rings is 1. The fourth-order valence-corrected chi connectivity index (χ4v) is 2.92. The molecular formula is C14H17BrN2O. The van der Waals surface area contributed by atoms with Crippen LogP contribution in [-0.2, 0) is 4.74 Å². The molecular weight excluding hydrogens is 292 g/mol. The van der Waals surface area contributed by atoms with Gasteiger partial charge in [0.05, 0.1) is 12.2 Å². The number of halogens is 1. The van der Waals surface area contributed by atoms with Gasteiger partial charge in [0, 0.05) is 30.4 Å². The summed E-state index contributed by atoms with van der Waals surface area (Å²) in [5.41, 5.74) is 1.87. The normalized spacial score (nSPS) is 19.6. The van der Waals surface area contributed by atoms with E-state index < -0.39 is 0 Å². The Kier molecular flexibility index (Phi) is 4.62. The molecule has 1 unspecified atom stereocenters. The zero-order valence-corrected chi connectivity index (χ0v) is 12.1. The van der Waals surface area contributed by atoms with Crippen LogP contribution in [0.25, 0.3) is 0 Å². The predicted octanol–water partition coefficient (Wildman–Crippen LogP) is 3.18. The second kappa shape index (κ2) is 6.21. The van der Waals surface area contributed by atoms with Crippen LogP contribution < -0.4 is 4.90 Å². The number of benzene rings is 1. The molecule has 96 valence electrons. The molecule has 0 N–H and O–H groups in total. The Morgan fingerprint density at radius 2 is 2.39 bits per heavy atom. The highest BCUT2D eigenvalue weighted by atomic mass is 79.9. The largest absolute Gasteiger partial charge is 0.384 e. The van der Waals surface area contributed by atoms with E-state index in [2.05, 4.69) is 26.9 Å². The summed E-state index contributed by atoms with van der Waals surface area (Å²) < 4.78 is 6.12. The number of nitrogens with zero attached hydrogens (tertiary/aromatic N) is 2. The van der Waals surface area contributed by atoms with Crippen molar-refractivity contribution in [1.82, 2.24) is 0 Å². The molecule has 0 amide bonds. The van der Waals surface area contributed by atoms with Crippen LogP contribution >= 0.6 is 15.9 Å². The van der Waals surface area contributed by atoms with E-state index in [9.17, 15) is 0 Å². The molecule has 1 aliphatic rings. The summed E-state index contributed by atoms with van der Waals surface area (Å²) in [4.78, 5) is 2.37.